The molecular weight excluding hydrogens is 248 g/mol. The summed E-state index contributed by atoms with van der Waals surface area (Å²) >= 11 is 5.96. The molecule has 0 aliphatic carbocycles. The van der Waals surface area contributed by atoms with Crippen LogP contribution in [0.1, 0.15) is 15.9 Å². The molecule has 18 heavy (non-hydrogen) atoms. The Hall–Kier alpha value is -1.87. The maximum Gasteiger partial charge on any atom is 0.255 e. The summed E-state index contributed by atoms with van der Waals surface area (Å²) in [4.78, 5) is 17.7. The molecule has 1 aromatic heterocycles. The van der Waals surface area contributed by atoms with E-state index in [2.05, 4.69) is 4.98 Å². The fraction of sp³-hybridized carbons (Fsp3) is 0.143. The van der Waals surface area contributed by atoms with E-state index in [-0.39, 0.29) is 5.91 Å². The van der Waals surface area contributed by atoms with Crippen molar-refractivity contribution >= 4 is 17.5 Å². The van der Waals surface area contributed by atoms with Gasteiger partial charge in [-0.25, -0.2) is 0 Å². The number of nitrogens with zero attached hydrogens (tertiary/aromatic N) is 2. The van der Waals surface area contributed by atoms with E-state index in [1.54, 1.807) is 24.2 Å². The summed E-state index contributed by atoms with van der Waals surface area (Å²) in [6, 6.07) is 11.5. The zero-order valence-corrected chi connectivity index (χ0v) is 10.8. The number of halogens is 1. The lowest BCUT2D eigenvalue weighted by Gasteiger charge is -2.17. The fourth-order valence-corrected chi connectivity index (χ4v) is 1.88. The molecule has 0 aliphatic heterocycles. The van der Waals surface area contributed by atoms with Crippen LogP contribution in [0.25, 0.3) is 0 Å². The Kier molecular flexibility index (Phi) is 3.95. The van der Waals surface area contributed by atoms with Gasteiger partial charge in [0.25, 0.3) is 5.91 Å². The molecule has 0 spiro atoms. The molecule has 0 aliphatic rings. The Labute approximate surface area is 111 Å². The highest BCUT2D eigenvalue weighted by Gasteiger charge is 2.14. The topological polar surface area (TPSA) is 33.2 Å². The second-order valence-corrected chi connectivity index (χ2v) is 4.41. The first-order chi connectivity index (χ1) is 8.68. The zero-order chi connectivity index (χ0) is 13.0. The lowest BCUT2D eigenvalue weighted by molar-refractivity contribution is 0.0785. The molecule has 92 valence electrons. The van der Waals surface area contributed by atoms with Gasteiger partial charge in [-0.05, 0) is 11.6 Å². The number of carbonyl (C=O) groups is 1. The Morgan fingerprint density at radius 1 is 1.28 bits per heavy atom. The molecule has 1 aromatic carbocycles. The number of pyridine rings is 1. The van der Waals surface area contributed by atoms with Gasteiger partial charge in [-0.15, -0.1) is 0 Å². The van der Waals surface area contributed by atoms with Crippen molar-refractivity contribution in [1.82, 2.24) is 9.88 Å². The van der Waals surface area contributed by atoms with Gasteiger partial charge in [0.1, 0.15) is 0 Å². The van der Waals surface area contributed by atoms with Gasteiger partial charge >= 0.3 is 0 Å². The smallest absolute Gasteiger partial charge is 0.255 e. The molecule has 2 rings (SSSR count). The van der Waals surface area contributed by atoms with Crippen LogP contribution >= 0.6 is 11.6 Å². The van der Waals surface area contributed by atoms with Gasteiger partial charge in [-0.3, -0.25) is 9.78 Å². The van der Waals surface area contributed by atoms with Gasteiger partial charge in [0.05, 0.1) is 10.6 Å². The summed E-state index contributed by atoms with van der Waals surface area (Å²) in [7, 11) is 1.76. The lowest BCUT2D eigenvalue weighted by Crippen LogP contribution is -2.26. The van der Waals surface area contributed by atoms with E-state index < -0.39 is 0 Å². The zero-order valence-electron chi connectivity index (χ0n) is 10.0. The van der Waals surface area contributed by atoms with Crippen molar-refractivity contribution in [2.75, 3.05) is 7.05 Å². The van der Waals surface area contributed by atoms with E-state index >= 15 is 0 Å². The molecule has 0 radical (unpaired) electrons. The van der Waals surface area contributed by atoms with Crippen LogP contribution in [0.3, 0.4) is 0 Å². The Morgan fingerprint density at radius 3 is 2.67 bits per heavy atom. The maximum atomic E-state index is 12.2. The van der Waals surface area contributed by atoms with Crippen molar-refractivity contribution < 1.29 is 4.79 Å². The minimum absolute atomic E-state index is 0.105. The van der Waals surface area contributed by atoms with Crippen LogP contribution in [-0.4, -0.2) is 22.8 Å². The van der Waals surface area contributed by atoms with Crippen LogP contribution in [0.4, 0.5) is 0 Å². The van der Waals surface area contributed by atoms with E-state index in [0.717, 1.165) is 5.56 Å². The average molecular weight is 261 g/mol. The summed E-state index contributed by atoms with van der Waals surface area (Å²) < 4.78 is 0. The Bertz CT molecular complexity index is 543. The molecule has 0 saturated carbocycles. The highest BCUT2D eigenvalue weighted by molar-refractivity contribution is 6.33. The van der Waals surface area contributed by atoms with Gasteiger partial charge in [0.15, 0.2) is 0 Å². The summed E-state index contributed by atoms with van der Waals surface area (Å²) in [6.45, 7) is 0.554. The first-order valence-electron chi connectivity index (χ1n) is 5.57. The molecule has 0 N–H and O–H groups in total. The number of hydrogen-bond donors (Lipinski definition) is 0. The number of benzene rings is 1. The van der Waals surface area contributed by atoms with Crippen molar-refractivity contribution in [1.29, 1.82) is 0 Å². The molecule has 0 unspecified atom stereocenters. The van der Waals surface area contributed by atoms with Gasteiger partial charge in [0, 0.05) is 26.0 Å². The number of hydrogen-bond acceptors (Lipinski definition) is 2. The van der Waals surface area contributed by atoms with Crippen LogP contribution in [0.15, 0.2) is 48.8 Å². The van der Waals surface area contributed by atoms with Crippen LogP contribution in [0, 0.1) is 0 Å². The van der Waals surface area contributed by atoms with Crippen LogP contribution < -0.4 is 0 Å². The molecule has 0 bridgehead atoms. The highest BCUT2D eigenvalue weighted by Crippen LogP contribution is 2.16. The number of amides is 1. The summed E-state index contributed by atoms with van der Waals surface area (Å²) in [5.74, 6) is -0.105. The van der Waals surface area contributed by atoms with E-state index in [0.29, 0.717) is 17.1 Å². The summed E-state index contributed by atoms with van der Waals surface area (Å²) in [6.07, 6.45) is 3.04. The Morgan fingerprint density at radius 2 is 2.00 bits per heavy atom. The van der Waals surface area contributed by atoms with Gasteiger partial charge < -0.3 is 4.90 Å². The quantitative estimate of drug-likeness (QED) is 0.850. The third-order valence-corrected chi connectivity index (χ3v) is 2.91. The van der Waals surface area contributed by atoms with Gasteiger partial charge in [0.2, 0.25) is 0 Å². The first-order valence-corrected chi connectivity index (χ1v) is 5.95. The SMILES string of the molecule is CN(Cc1ccccc1)C(=O)c1ccncc1Cl. The summed E-state index contributed by atoms with van der Waals surface area (Å²) in [5.41, 5.74) is 1.56. The van der Waals surface area contributed by atoms with Crippen molar-refractivity contribution in [2.45, 2.75) is 6.54 Å². The van der Waals surface area contributed by atoms with Crippen molar-refractivity contribution in [3.05, 3.63) is 64.9 Å². The van der Waals surface area contributed by atoms with E-state index in [9.17, 15) is 4.79 Å². The second-order valence-electron chi connectivity index (χ2n) is 4.00. The average Bonchev–Trinajstić information content (AvgIpc) is 2.39. The van der Waals surface area contributed by atoms with E-state index in [1.807, 2.05) is 30.3 Å². The third kappa shape index (κ3) is 2.87. The molecular formula is C14H13ClN2O. The number of carbonyl (C=O) groups excluding carboxylic acids is 1. The maximum absolute atomic E-state index is 12.2. The molecule has 3 nitrogen and oxygen atoms in total. The molecule has 0 fully saturated rings. The molecule has 1 heterocycles. The van der Waals surface area contributed by atoms with E-state index in [1.165, 1.54) is 6.20 Å². The third-order valence-electron chi connectivity index (χ3n) is 2.61. The summed E-state index contributed by atoms with van der Waals surface area (Å²) in [5, 5.41) is 0.377. The minimum atomic E-state index is -0.105. The monoisotopic (exact) mass is 260 g/mol. The molecule has 0 saturated heterocycles. The van der Waals surface area contributed by atoms with E-state index in [4.69, 9.17) is 11.6 Å². The van der Waals surface area contributed by atoms with Crippen molar-refractivity contribution in [3.8, 4) is 0 Å². The van der Waals surface area contributed by atoms with Crippen LogP contribution in [0.5, 0.6) is 0 Å². The minimum Gasteiger partial charge on any atom is -0.337 e. The standard InChI is InChI=1S/C14H13ClN2O/c1-17(10-11-5-3-2-4-6-11)14(18)12-7-8-16-9-13(12)15/h2-9H,10H2,1H3. The molecule has 1 amide bonds. The van der Waals surface area contributed by atoms with Crippen LogP contribution in [0.2, 0.25) is 5.02 Å². The fourth-order valence-electron chi connectivity index (χ4n) is 1.68. The Balaban J connectivity index is 2.13. The normalized spacial score (nSPS) is 10.1. The second kappa shape index (κ2) is 5.65. The number of aromatic nitrogens is 1. The highest BCUT2D eigenvalue weighted by atomic mass is 35.5. The van der Waals surface area contributed by atoms with Gasteiger partial charge in [-0.1, -0.05) is 41.9 Å². The molecule has 4 heteroatoms. The predicted molar refractivity (Wildman–Crippen MR) is 71.5 cm³/mol. The largest absolute Gasteiger partial charge is 0.337 e. The van der Waals surface area contributed by atoms with Gasteiger partial charge in [-0.2, -0.15) is 0 Å². The first kappa shape index (κ1) is 12.6. The van der Waals surface area contributed by atoms with Crippen molar-refractivity contribution in [2.24, 2.45) is 0 Å². The number of rotatable bonds is 3. The lowest BCUT2D eigenvalue weighted by atomic mass is 10.2. The predicted octanol–water partition coefficient (Wildman–Crippen LogP) is 3.01. The van der Waals surface area contributed by atoms with Crippen LogP contribution in [-0.2, 0) is 6.54 Å². The molecule has 2 aromatic rings. The van der Waals surface area contributed by atoms with Crippen molar-refractivity contribution in [3.63, 3.8) is 0 Å². The molecule has 0 atom stereocenters.